The molecule has 2 aromatic rings. The highest BCUT2D eigenvalue weighted by Crippen LogP contribution is 2.24. The molecule has 0 radical (unpaired) electrons. The second-order valence-corrected chi connectivity index (χ2v) is 4.98. The van der Waals surface area contributed by atoms with Crippen molar-refractivity contribution in [2.24, 2.45) is 0 Å². The Morgan fingerprint density at radius 3 is 2.52 bits per heavy atom. The van der Waals surface area contributed by atoms with Gasteiger partial charge in [0.15, 0.2) is 0 Å². The molecule has 0 saturated heterocycles. The van der Waals surface area contributed by atoms with Crippen LogP contribution in [0.4, 0.5) is 5.69 Å². The Labute approximate surface area is 128 Å². The summed E-state index contributed by atoms with van der Waals surface area (Å²) in [5, 5.41) is 15.7. The molecule has 110 valence electrons. The molecule has 0 heterocycles. The van der Waals surface area contributed by atoms with E-state index in [1.165, 1.54) is 0 Å². The fraction of sp³-hybridized carbons (Fsp3) is 0.188. The summed E-state index contributed by atoms with van der Waals surface area (Å²) < 4.78 is 0. The van der Waals surface area contributed by atoms with Crippen LogP contribution in [-0.2, 0) is 6.54 Å². The summed E-state index contributed by atoms with van der Waals surface area (Å²) >= 11 is 5.86. The number of phenols is 1. The average molecular weight is 305 g/mol. The van der Waals surface area contributed by atoms with Crippen LogP contribution < -0.4 is 10.6 Å². The minimum Gasteiger partial charge on any atom is -0.506 e. The topological polar surface area (TPSA) is 61.4 Å². The van der Waals surface area contributed by atoms with Crippen LogP contribution in [-0.4, -0.2) is 17.6 Å². The highest BCUT2D eigenvalue weighted by Gasteiger charge is 2.04. The largest absolute Gasteiger partial charge is 0.506 e. The van der Waals surface area contributed by atoms with Gasteiger partial charge in [-0.3, -0.25) is 4.79 Å². The Morgan fingerprint density at radius 2 is 1.90 bits per heavy atom. The van der Waals surface area contributed by atoms with E-state index in [-0.39, 0.29) is 11.7 Å². The summed E-state index contributed by atoms with van der Waals surface area (Å²) in [6.07, 6.45) is 0. The first-order valence-corrected chi connectivity index (χ1v) is 7.07. The zero-order chi connectivity index (χ0) is 15.2. The Balaban J connectivity index is 1.97. The monoisotopic (exact) mass is 304 g/mol. The lowest BCUT2D eigenvalue weighted by molar-refractivity contribution is 0.0956. The molecule has 0 aliphatic carbocycles. The number of nitrogens with one attached hydrogen (secondary N) is 2. The summed E-state index contributed by atoms with van der Waals surface area (Å²) in [5.41, 5.74) is 2.51. The Hall–Kier alpha value is -2.20. The smallest absolute Gasteiger partial charge is 0.251 e. The highest BCUT2D eigenvalue weighted by atomic mass is 35.5. The molecule has 3 N–H and O–H groups in total. The number of halogens is 1. The van der Waals surface area contributed by atoms with Crippen molar-refractivity contribution in [3.63, 3.8) is 0 Å². The summed E-state index contributed by atoms with van der Waals surface area (Å²) in [6, 6.07) is 12.3. The minimum absolute atomic E-state index is 0.0747. The third-order valence-electron chi connectivity index (χ3n) is 2.99. The first-order chi connectivity index (χ1) is 10.1. The molecule has 0 aromatic heterocycles. The minimum atomic E-state index is -0.0747. The maximum Gasteiger partial charge on any atom is 0.251 e. The van der Waals surface area contributed by atoms with Crippen LogP contribution in [0.5, 0.6) is 5.75 Å². The lowest BCUT2D eigenvalue weighted by atomic mass is 10.1. The highest BCUT2D eigenvalue weighted by molar-refractivity contribution is 6.32. The van der Waals surface area contributed by atoms with Crippen LogP contribution in [0.2, 0.25) is 5.02 Å². The number of carbonyl (C=O) groups is 1. The van der Waals surface area contributed by atoms with E-state index in [9.17, 15) is 9.90 Å². The molecule has 21 heavy (non-hydrogen) atoms. The third kappa shape index (κ3) is 4.13. The van der Waals surface area contributed by atoms with Gasteiger partial charge < -0.3 is 15.7 Å². The van der Waals surface area contributed by atoms with Crippen molar-refractivity contribution in [1.82, 2.24) is 5.32 Å². The molecule has 0 spiro atoms. The molecule has 2 aromatic carbocycles. The molecule has 1 amide bonds. The average Bonchev–Trinajstić information content (AvgIpc) is 2.49. The van der Waals surface area contributed by atoms with Gasteiger partial charge in [0.1, 0.15) is 5.75 Å². The molecule has 0 fully saturated rings. The Bertz CT molecular complexity index is 627. The maximum absolute atomic E-state index is 11.6. The number of phenolic OH excluding ortho intramolecular Hbond substituents is 1. The fourth-order valence-electron chi connectivity index (χ4n) is 1.87. The molecule has 4 nitrogen and oxygen atoms in total. The van der Waals surface area contributed by atoms with Gasteiger partial charge in [-0.05, 0) is 48.9 Å². The van der Waals surface area contributed by atoms with Gasteiger partial charge in [-0.25, -0.2) is 0 Å². The molecular weight excluding hydrogens is 288 g/mol. The molecule has 0 atom stereocenters. The van der Waals surface area contributed by atoms with Crippen molar-refractivity contribution in [2.75, 3.05) is 11.9 Å². The first-order valence-electron chi connectivity index (χ1n) is 6.69. The van der Waals surface area contributed by atoms with Gasteiger partial charge in [-0.1, -0.05) is 17.7 Å². The number of carbonyl (C=O) groups excluding carboxylic acids is 1. The predicted molar refractivity (Wildman–Crippen MR) is 84.9 cm³/mol. The van der Waals surface area contributed by atoms with Crippen molar-refractivity contribution >= 4 is 23.2 Å². The second-order valence-electron chi connectivity index (χ2n) is 4.58. The molecule has 0 saturated carbocycles. The number of benzene rings is 2. The summed E-state index contributed by atoms with van der Waals surface area (Å²) in [7, 11) is 0. The van der Waals surface area contributed by atoms with E-state index < -0.39 is 0 Å². The van der Waals surface area contributed by atoms with Gasteiger partial charge >= 0.3 is 0 Å². The number of hydrogen-bond acceptors (Lipinski definition) is 3. The normalized spacial score (nSPS) is 10.2. The third-order valence-corrected chi connectivity index (χ3v) is 3.30. The second kappa shape index (κ2) is 6.99. The van der Waals surface area contributed by atoms with Gasteiger partial charge in [-0.15, -0.1) is 0 Å². The van der Waals surface area contributed by atoms with E-state index in [1.807, 2.05) is 19.1 Å². The van der Waals surface area contributed by atoms with Crippen LogP contribution in [0.25, 0.3) is 0 Å². The number of hydrogen-bond donors (Lipinski definition) is 3. The van der Waals surface area contributed by atoms with E-state index in [2.05, 4.69) is 10.6 Å². The van der Waals surface area contributed by atoms with Crippen LogP contribution in [0.3, 0.4) is 0 Å². The Morgan fingerprint density at radius 1 is 1.19 bits per heavy atom. The molecule has 0 aliphatic rings. The quantitative estimate of drug-likeness (QED) is 0.793. The zero-order valence-electron chi connectivity index (χ0n) is 11.7. The maximum atomic E-state index is 11.6. The molecule has 5 heteroatoms. The van der Waals surface area contributed by atoms with E-state index in [1.54, 1.807) is 30.3 Å². The van der Waals surface area contributed by atoms with Gasteiger partial charge in [0.2, 0.25) is 0 Å². The number of anilines is 1. The lowest BCUT2D eigenvalue weighted by Crippen LogP contribution is -2.22. The lowest BCUT2D eigenvalue weighted by Gasteiger charge is -2.08. The predicted octanol–water partition coefficient (Wildman–Crippen LogP) is 3.41. The summed E-state index contributed by atoms with van der Waals surface area (Å²) in [6.45, 7) is 3.08. The van der Waals surface area contributed by atoms with E-state index in [0.29, 0.717) is 23.7 Å². The van der Waals surface area contributed by atoms with Crippen LogP contribution in [0, 0.1) is 0 Å². The van der Waals surface area contributed by atoms with Gasteiger partial charge in [0.05, 0.1) is 5.02 Å². The standard InChI is InChI=1S/C16H17ClN2O2/c1-2-18-16(21)12-4-6-13(7-5-12)19-10-11-3-8-15(20)14(17)9-11/h3-9,19-20H,2,10H2,1H3,(H,18,21). The van der Waals surface area contributed by atoms with Gasteiger partial charge in [-0.2, -0.15) is 0 Å². The van der Waals surface area contributed by atoms with Gasteiger partial charge in [0, 0.05) is 24.3 Å². The molecule has 0 unspecified atom stereocenters. The zero-order valence-corrected chi connectivity index (χ0v) is 12.4. The molecule has 2 rings (SSSR count). The van der Waals surface area contributed by atoms with Crippen molar-refractivity contribution in [3.8, 4) is 5.75 Å². The van der Waals surface area contributed by atoms with Crippen molar-refractivity contribution < 1.29 is 9.90 Å². The van der Waals surface area contributed by atoms with Crippen molar-refractivity contribution in [1.29, 1.82) is 0 Å². The van der Waals surface area contributed by atoms with Crippen LogP contribution in [0.1, 0.15) is 22.8 Å². The molecule has 0 bridgehead atoms. The summed E-state index contributed by atoms with van der Waals surface area (Å²) in [5.74, 6) is 0.000993. The van der Waals surface area contributed by atoms with Crippen molar-refractivity contribution in [2.45, 2.75) is 13.5 Å². The summed E-state index contributed by atoms with van der Waals surface area (Å²) in [4.78, 5) is 11.6. The molecular formula is C16H17ClN2O2. The SMILES string of the molecule is CCNC(=O)c1ccc(NCc2ccc(O)c(Cl)c2)cc1. The fourth-order valence-corrected chi connectivity index (χ4v) is 2.07. The van der Waals surface area contributed by atoms with Crippen molar-refractivity contribution in [3.05, 3.63) is 58.6 Å². The van der Waals surface area contributed by atoms with Crippen LogP contribution >= 0.6 is 11.6 Å². The number of amides is 1. The first kappa shape index (κ1) is 15.2. The van der Waals surface area contributed by atoms with E-state index in [4.69, 9.17) is 11.6 Å². The number of aromatic hydroxyl groups is 1. The van der Waals surface area contributed by atoms with Gasteiger partial charge in [0.25, 0.3) is 5.91 Å². The van der Waals surface area contributed by atoms with E-state index >= 15 is 0 Å². The Kier molecular flexibility index (Phi) is 5.06. The van der Waals surface area contributed by atoms with E-state index in [0.717, 1.165) is 11.3 Å². The van der Waals surface area contributed by atoms with Crippen LogP contribution in [0.15, 0.2) is 42.5 Å². The number of rotatable bonds is 5. The molecule has 0 aliphatic heterocycles.